The third kappa shape index (κ3) is 5.49. The van der Waals surface area contributed by atoms with Crippen LogP contribution in [0.3, 0.4) is 0 Å². The summed E-state index contributed by atoms with van der Waals surface area (Å²) in [5.41, 5.74) is 0.888. The van der Waals surface area contributed by atoms with E-state index in [9.17, 15) is 10.1 Å². The summed E-state index contributed by atoms with van der Waals surface area (Å²) >= 11 is 5.67. The van der Waals surface area contributed by atoms with Gasteiger partial charge >= 0.3 is 0 Å². The smallest absolute Gasteiger partial charge is 0.274 e. The molecule has 0 aromatic carbocycles. The van der Waals surface area contributed by atoms with E-state index in [1.165, 1.54) is 0 Å². The fourth-order valence-corrected chi connectivity index (χ4v) is 1.37. The highest BCUT2D eigenvalue weighted by Gasteiger charge is 2.04. The summed E-state index contributed by atoms with van der Waals surface area (Å²) in [7, 11) is 0. The van der Waals surface area contributed by atoms with Gasteiger partial charge in [0.25, 0.3) is 6.20 Å². The Kier molecular flexibility index (Phi) is 5.38. The first kappa shape index (κ1) is 14.2. The van der Waals surface area contributed by atoms with Gasteiger partial charge in [-0.3, -0.25) is 10.1 Å². The maximum absolute atomic E-state index is 10.5. The lowest BCUT2D eigenvalue weighted by Gasteiger charge is -2.13. The SMILES string of the molecule is CC(C)NC(=C[N+](=O)[O-])NCc1ccc(Cl)nc1. The van der Waals surface area contributed by atoms with Crippen molar-refractivity contribution in [2.24, 2.45) is 0 Å². The number of nitrogens with one attached hydrogen (secondary N) is 2. The number of halogens is 1. The minimum atomic E-state index is -0.502. The van der Waals surface area contributed by atoms with Crippen LogP contribution in [0, 0.1) is 10.1 Å². The lowest BCUT2D eigenvalue weighted by Crippen LogP contribution is -2.31. The summed E-state index contributed by atoms with van der Waals surface area (Å²) in [4.78, 5) is 13.9. The minimum absolute atomic E-state index is 0.104. The van der Waals surface area contributed by atoms with Crippen molar-refractivity contribution >= 4 is 11.6 Å². The molecular formula is C11H15ClN4O2. The van der Waals surface area contributed by atoms with Crippen molar-refractivity contribution in [1.29, 1.82) is 0 Å². The standard InChI is InChI=1S/C11H15ClN4O2/c1-8(2)15-11(7-16(17)18)14-6-9-3-4-10(12)13-5-9/h3-5,7-8,14-15H,6H2,1-2H3. The van der Waals surface area contributed by atoms with Crippen LogP contribution in [0.2, 0.25) is 5.15 Å². The Morgan fingerprint density at radius 2 is 2.33 bits per heavy atom. The van der Waals surface area contributed by atoms with Gasteiger partial charge in [0.2, 0.25) is 0 Å². The molecule has 1 aromatic heterocycles. The summed E-state index contributed by atoms with van der Waals surface area (Å²) < 4.78 is 0. The highest BCUT2D eigenvalue weighted by Crippen LogP contribution is 2.05. The Bertz CT molecular complexity index is 431. The molecule has 1 aromatic rings. The molecule has 0 unspecified atom stereocenters. The zero-order chi connectivity index (χ0) is 13.5. The third-order valence-corrected chi connectivity index (χ3v) is 2.17. The van der Waals surface area contributed by atoms with Crippen molar-refractivity contribution in [3.8, 4) is 0 Å². The van der Waals surface area contributed by atoms with Crippen LogP contribution in [0.1, 0.15) is 19.4 Å². The van der Waals surface area contributed by atoms with Gasteiger partial charge in [0.15, 0.2) is 5.82 Å². The molecule has 0 spiro atoms. The van der Waals surface area contributed by atoms with Crippen LogP contribution in [-0.2, 0) is 6.54 Å². The van der Waals surface area contributed by atoms with Crippen LogP contribution in [0.5, 0.6) is 0 Å². The molecule has 0 saturated heterocycles. The molecule has 0 radical (unpaired) electrons. The fraction of sp³-hybridized carbons (Fsp3) is 0.364. The van der Waals surface area contributed by atoms with Gasteiger partial charge in [-0.25, -0.2) is 4.98 Å². The van der Waals surface area contributed by atoms with Gasteiger partial charge in [-0.15, -0.1) is 0 Å². The molecule has 2 N–H and O–H groups in total. The Morgan fingerprint density at radius 3 is 2.83 bits per heavy atom. The van der Waals surface area contributed by atoms with Gasteiger partial charge in [0.05, 0.1) is 4.92 Å². The van der Waals surface area contributed by atoms with Gasteiger partial charge in [-0.05, 0) is 25.5 Å². The average molecular weight is 271 g/mol. The molecular weight excluding hydrogens is 256 g/mol. The number of nitrogens with zero attached hydrogens (tertiary/aromatic N) is 2. The second-order valence-corrected chi connectivity index (χ2v) is 4.36. The van der Waals surface area contributed by atoms with Crippen LogP contribution in [0.25, 0.3) is 0 Å². The second-order valence-electron chi connectivity index (χ2n) is 3.97. The maximum atomic E-state index is 10.5. The predicted octanol–water partition coefficient (Wildman–Crippen LogP) is 1.90. The van der Waals surface area contributed by atoms with Crippen LogP contribution >= 0.6 is 11.6 Å². The summed E-state index contributed by atoms with van der Waals surface area (Å²) in [6.45, 7) is 4.24. The van der Waals surface area contributed by atoms with Gasteiger partial charge in [-0.2, -0.15) is 0 Å². The number of pyridine rings is 1. The third-order valence-electron chi connectivity index (χ3n) is 1.95. The van der Waals surface area contributed by atoms with E-state index < -0.39 is 4.92 Å². The largest absolute Gasteiger partial charge is 0.365 e. The van der Waals surface area contributed by atoms with Crippen molar-refractivity contribution in [3.05, 3.63) is 51.2 Å². The van der Waals surface area contributed by atoms with Gasteiger partial charge in [0, 0.05) is 18.8 Å². The van der Waals surface area contributed by atoms with Crippen LogP contribution in [0.15, 0.2) is 30.4 Å². The highest BCUT2D eigenvalue weighted by molar-refractivity contribution is 6.29. The molecule has 0 saturated carbocycles. The van der Waals surface area contributed by atoms with E-state index in [4.69, 9.17) is 11.6 Å². The van der Waals surface area contributed by atoms with Gasteiger partial charge in [0.1, 0.15) is 5.15 Å². The molecule has 1 heterocycles. The Balaban J connectivity index is 2.61. The number of rotatable bonds is 6. The van der Waals surface area contributed by atoms with E-state index in [2.05, 4.69) is 15.6 Å². The summed E-state index contributed by atoms with van der Waals surface area (Å²) in [6, 6.07) is 3.58. The molecule has 0 fully saturated rings. The van der Waals surface area contributed by atoms with E-state index >= 15 is 0 Å². The summed E-state index contributed by atoms with van der Waals surface area (Å²) in [5.74, 6) is 0.366. The molecule has 98 valence electrons. The van der Waals surface area contributed by atoms with Crippen molar-refractivity contribution < 1.29 is 4.92 Å². The lowest BCUT2D eigenvalue weighted by molar-refractivity contribution is -0.404. The molecule has 0 bridgehead atoms. The number of nitro groups is 1. The van der Waals surface area contributed by atoms with Crippen molar-refractivity contribution in [2.45, 2.75) is 26.4 Å². The van der Waals surface area contributed by atoms with Crippen molar-refractivity contribution in [3.63, 3.8) is 0 Å². The molecule has 0 aliphatic rings. The molecule has 0 aliphatic heterocycles. The normalized spacial score (nSPS) is 11.4. The number of aromatic nitrogens is 1. The molecule has 0 amide bonds. The Hall–Kier alpha value is -1.82. The first-order valence-electron chi connectivity index (χ1n) is 5.43. The summed E-state index contributed by atoms with van der Waals surface area (Å²) in [5, 5.41) is 16.8. The molecule has 7 heteroatoms. The monoisotopic (exact) mass is 270 g/mol. The van der Waals surface area contributed by atoms with Crippen LogP contribution < -0.4 is 10.6 Å². The van der Waals surface area contributed by atoms with E-state index in [-0.39, 0.29) is 6.04 Å². The van der Waals surface area contributed by atoms with Crippen LogP contribution in [0.4, 0.5) is 0 Å². The molecule has 0 atom stereocenters. The van der Waals surface area contributed by atoms with Gasteiger partial charge in [-0.1, -0.05) is 17.7 Å². The quantitative estimate of drug-likeness (QED) is 0.469. The average Bonchev–Trinajstić information content (AvgIpc) is 2.26. The molecule has 6 nitrogen and oxygen atoms in total. The van der Waals surface area contributed by atoms with Gasteiger partial charge < -0.3 is 10.6 Å². The maximum Gasteiger partial charge on any atom is 0.274 e. The topological polar surface area (TPSA) is 80.1 Å². The van der Waals surface area contributed by atoms with Crippen LogP contribution in [-0.4, -0.2) is 15.9 Å². The van der Waals surface area contributed by atoms with Crippen molar-refractivity contribution in [2.75, 3.05) is 0 Å². The molecule has 1 rings (SSSR count). The first-order chi connectivity index (χ1) is 8.47. The van der Waals surface area contributed by atoms with Crippen molar-refractivity contribution in [1.82, 2.24) is 15.6 Å². The van der Waals surface area contributed by atoms with E-state index in [1.807, 2.05) is 19.9 Å². The number of hydrogen-bond acceptors (Lipinski definition) is 5. The highest BCUT2D eigenvalue weighted by atomic mass is 35.5. The van der Waals surface area contributed by atoms with E-state index in [0.717, 1.165) is 11.8 Å². The molecule has 0 aliphatic carbocycles. The Morgan fingerprint density at radius 1 is 1.61 bits per heavy atom. The minimum Gasteiger partial charge on any atom is -0.365 e. The first-order valence-corrected chi connectivity index (χ1v) is 5.81. The zero-order valence-corrected chi connectivity index (χ0v) is 10.9. The summed E-state index contributed by atoms with van der Waals surface area (Å²) in [6.07, 6.45) is 2.53. The Labute approximate surface area is 110 Å². The van der Waals surface area contributed by atoms with E-state index in [1.54, 1.807) is 12.3 Å². The second kappa shape index (κ2) is 6.80. The van der Waals surface area contributed by atoms with E-state index in [0.29, 0.717) is 17.5 Å². The molecule has 18 heavy (non-hydrogen) atoms. The zero-order valence-electron chi connectivity index (χ0n) is 10.2. The number of hydrogen-bond donors (Lipinski definition) is 2. The lowest BCUT2D eigenvalue weighted by atomic mass is 10.3. The fourth-order valence-electron chi connectivity index (χ4n) is 1.26. The predicted molar refractivity (Wildman–Crippen MR) is 69.4 cm³/mol.